The van der Waals surface area contributed by atoms with Crippen molar-refractivity contribution in [1.82, 2.24) is 10.6 Å². The largest absolute Gasteiger partial charge is 0.341 e. The van der Waals surface area contributed by atoms with Gasteiger partial charge in [-0.1, -0.05) is 67.6 Å². The van der Waals surface area contributed by atoms with Crippen LogP contribution in [-0.4, -0.2) is 11.8 Å². The molecule has 0 aliphatic heterocycles. The van der Waals surface area contributed by atoms with Crippen molar-refractivity contribution in [1.29, 1.82) is 0 Å². The molecule has 0 bridgehead atoms. The summed E-state index contributed by atoms with van der Waals surface area (Å²) in [5.74, 6) is -0.706. The molecule has 1 saturated carbocycles. The zero-order valence-electron chi connectivity index (χ0n) is 14.4. The third-order valence-corrected chi connectivity index (χ3v) is 4.66. The Kier molecular flexibility index (Phi) is 5.49. The maximum atomic E-state index is 12.4. The van der Waals surface area contributed by atoms with E-state index >= 15 is 0 Å². The second kappa shape index (κ2) is 7.97. The van der Waals surface area contributed by atoms with E-state index in [1.165, 1.54) is 0 Å². The van der Waals surface area contributed by atoms with Crippen LogP contribution in [0.5, 0.6) is 0 Å². The lowest BCUT2D eigenvalue weighted by molar-refractivity contribution is -0.140. The van der Waals surface area contributed by atoms with E-state index in [9.17, 15) is 9.59 Å². The van der Waals surface area contributed by atoms with Crippen molar-refractivity contribution < 1.29 is 9.59 Å². The summed E-state index contributed by atoms with van der Waals surface area (Å²) in [5.41, 5.74) is 2.06. The van der Waals surface area contributed by atoms with E-state index in [0.717, 1.165) is 30.4 Å². The van der Waals surface area contributed by atoms with Crippen molar-refractivity contribution in [2.24, 2.45) is 5.92 Å². The first-order valence-electron chi connectivity index (χ1n) is 8.90. The van der Waals surface area contributed by atoms with Crippen molar-refractivity contribution in [2.45, 2.75) is 38.3 Å². The molecular formula is C21H24N2O2. The third-order valence-electron chi connectivity index (χ3n) is 4.66. The average molecular weight is 336 g/mol. The highest BCUT2D eigenvalue weighted by Gasteiger charge is 2.34. The minimum Gasteiger partial charge on any atom is -0.341 e. The van der Waals surface area contributed by atoms with Crippen molar-refractivity contribution in [3.63, 3.8) is 0 Å². The van der Waals surface area contributed by atoms with E-state index in [1.807, 2.05) is 67.6 Å². The molecule has 0 radical (unpaired) electrons. The molecule has 25 heavy (non-hydrogen) atoms. The fourth-order valence-corrected chi connectivity index (χ4v) is 3.10. The molecule has 1 fully saturated rings. The molecule has 0 heterocycles. The van der Waals surface area contributed by atoms with Crippen molar-refractivity contribution in [3.8, 4) is 0 Å². The maximum absolute atomic E-state index is 12.4. The zero-order chi connectivity index (χ0) is 17.6. The topological polar surface area (TPSA) is 58.2 Å². The lowest BCUT2D eigenvalue weighted by atomic mass is 10.0. The van der Waals surface area contributed by atoms with Gasteiger partial charge in [-0.3, -0.25) is 9.59 Å². The van der Waals surface area contributed by atoms with Gasteiger partial charge in [-0.2, -0.15) is 0 Å². The molecule has 4 heteroatoms. The summed E-state index contributed by atoms with van der Waals surface area (Å²) in [6.45, 7) is 1.99. The summed E-state index contributed by atoms with van der Waals surface area (Å²) in [7, 11) is 0. The van der Waals surface area contributed by atoms with Gasteiger partial charge in [0.2, 0.25) is 0 Å². The molecule has 0 aromatic heterocycles. The van der Waals surface area contributed by atoms with E-state index in [0.29, 0.717) is 5.92 Å². The minimum atomic E-state index is -0.572. The first-order valence-corrected chi connectivity index (χ1v) is 8.90. The van der Waals surface area contributed by atoms with Crippen molar-refractivity contribution >= 4 is 11.8 Å². The molecule has 4 nitrogen and oxygen atoms in total. The highest BCUT2D eigenvalue weighted by molar-refractivity contribution is 6.35. The summed E-state index contributed by atoms with van der Waals surface area (Å²) in [6, 6.07) is 19.3. The smallest absolute Gasteiger partial charge is 0.309 e. The highest BCUT2D eigenvalue weighted by atomic mass is 16.2. The van der Waals surface area contributed by atoms with Gasteiger partial charge in [0, 0.05) is 0 Å². The minimum absolute atomic E-state index is 0.0868. The fourth-order valence-electron chi connectivity index (χ4n) is 3.10. The molecule has 130 valence electrons. The van der Waals surface area contributed by atoms with Crippen LogP contribution in [0.3, 0.4) is 0 Å². The molecule has 2 aromatic carbocycles. The van der Waals surface area contributed by atoms with Gasteiger partial charge in [0.25, 0.3) is 0 Å². The summed E-state index contributed by atoms with van der Waals surface area (Å²) in [6.07, 6.45) is 2.90. The van der Waals surface area contributed by atoms with Crippen LogP contribution in [-0.2, 0) is 9.59 Å². The number of carbonyl (C=O) groups is 2. The Morgan fingerprint density at radius 2 is 1.40 bits per heavy atom. The lowest BCUT2D eigenvalue weighted by Crippen LogP contribution is -2.43. The molecule has 2 atom stereocenters. The standard InChI is InChI=1S/C21H24N2O2/c1-2-18(15-9-5-3-6-10-15)22-20(24)21(25)23-19(17-13-14-17)16-11-7-4-8-12-16/h3-12,17-19H,2,13-14H2,1H3,(H,22,24)(H,23,25). The molecular weight excluding hydrogens is 312 g/mol. The summed E-state index contributed by atoms with van der Waals surface area (Å²) in [4.78, 5) is 24.8. The molecule has 2 amide bonds. The van der Waals surface area contributed by atoms with Gasteiger partial charge >= 0.3 is 11.8 Å². The zero-order valence-corrected chi connectivity index (χ0v) is 14.4. The Balaban J connectivity index is 1.64. The van der Waals surface area contributed by atoms with Crippen LogP contribution in [0, 0.1) is 5.92 Å². The van der Waals surface area contributed by atoms with Gasteiger partial charge in [0.15, 0.2) is 0 Å². The van der Waals surface area contributed by atoms with Gasteiger partial charge in [0.1, 0.15) is 0 Å². The predicted octanol–water partition coefficient (Wildman–Crippen LogP) is 3.52. The normalized spacial score (nSPS) is 15.9. The first kappa shape index (κ1) is 17.2. The predicted molar refractivity (Wildman–Crippen MR) is 97.7 cm³/mol. The number of nitrogens with one attached hydrogen (secondary N) is 2. The average Bonchev–Trinajstić information content (AvgIpc) is 3.50. The van der Waals surface area contributed by atoms with Crippen LogP contribution < -0.4 is 10.6 Å². The van der Waals surface area contributed by atoms with Gasteiger partial charge in [-0.05, 0) is 36.3 Å². The van der Waals surface area contributed by atoms with Crippen LogP contribution in [0.2, 0.25) is 0 Å². The monoisotopic (exact) mass is 336 g/mol. The molecule has 2 N–H and O–H groups in total. The van der Waals surface area contributed by atoms with Crippen LogP contribution in [0.4, 0.5) is 0 Å². The Morgan fingerprint density at radius 3 is 1.92 bits per heavy atom. The number of amides is 2. The fraction of sp³-hybridized carbons (Fsp3) is 0.333. The molecule has 2 aromatic rings. The molecule has 1 aliphatic carbocycles. The Bertz CT molecular complexity index is 711. The van der Waals surface area contributed by atoms with Crippen molar-refractivity contribution in [2.75, 3.05) is 0 Å². The molecule has 1 aliphatic rings. The molecule has 0 spiro atoms. The Hall–Kier alpha value is -2.62. The van der Waals surface area contributed by atoms with Gasteiger partial charge in [-0.15, -0.1) is 0 Å². The number of benzene rings is 2. The summed E-state index contributed by atoms with van der Waals surface area (Å²) in [5, 5.41) is 5.77. The van der Waals surface area contributed by atoms with E-state index in [-0.39, 0.29) is 12.1 Å². The Morgan fingerprint density at radius 1 is 0.880 bits per heavy atom. The van der Waals surface area contributed by atoms with Crippen LogP contribution >= 0.6 is 0 Å². The number of hydrogen-bond donors (Lipinski definition) is 2. The van der Waals surface area contributed by atoms with E-state index < -0.39 is 11.8 Å². The molecule has 3 rings (SSSR count). The first-order chi connectivity index (χ1) is 12.2. The Labute approximate surface area is 148 Å². The highest BCUT2D eigenvalue weighted by Crippen LogP contribution is 2.40. The second-order valence-electron chi connectivity index (χ2n) is 6.54. The summed E-state index contributed by atoms with van der Waals surface area (Å²) < 4.78 is 0. The van der Waals surface area contributed by atoms with E-state index in [4.69, 9.17) is 0 Å². The quantitative estimate of drug-likeness (QED) is 0.793. The number of rotatable bonds is 6. The molecule has 0 saturated heterocycles. The van der Waals surface area contributed by atoms with Crippen molar-refractivity contribution in [3.05, 3.63) is 71.8 Å². The van der Waals surface area contributed by atoms with Crippen LogP contribution in [0.1, 0.15) is 49.4 Å². The van der Waals surface area contributed by atoms with E-state index in [1.54, 1.807) is 0 Å². The number of hydrogen-bond acceptors (Lipinski definition) is 2. The van der Waals surface area contributed by atoms with Gasteiger partial charge in [-0.25, -0.2) is 0 Å². The third kappa shape index (κ3) is 4.47. The molecule has 2 unspecified atom stereocenters. The number of carbonyl (C=O) groups excluding carboxylic acids is 2. The van der Waals surface area contributed by atoms with Crippen LogP contribution in [0.15, 0.2) is 60.7 Å². The van der Waals surface area contributed by atoms with Crippen LogP contribution in [0.25, 0.3) is 0 Å². The second-order valence-corrected chi connectivity index (χ2v) is 6.54. The van der Waals surface area contributed by atoms with Gasteiger partial charge in [0.05, 0.1) is 12.1 Å². The van der Waals surface area contributed by atoms with Gasteiger partial charge < -0.3 is 10.6 Å². The van der Waals surface area contributed by atoms with E-state index in [2.05, 4.69) is 10.6 Å². The maximum Gasteiger partial charge on any atom is 0.309 e. The summed E-state index contributed by atoms with van der Waals surface area (Å²) >= 11 is 0. The SMILES string of the molecule is CCC(NC(=O)C(=O)NC(c1ccccc1)C1CC1)c1ccccc1. The lowest BCUT2D eigenvalue weighted by Gasteiger charge is -2.21.